The molecule has 10 nitrogen and oxygen atoms in total. The van der Waals surface area contributed by atoms with Crippen LogP contribution in [0.2, 0.25) is 0 Å². The number of hydrogen-bond donors (Lipinski definition) is 0. The van der Waals surface area contributed by atoms with Crippen molar-refractivity contribution in [1.29, 1.82) is 5.26 Å². The maximum atomic E-state index is 13.7. The van der Waals surface area contributed by atoms with Gasteiger partial charge in [-0.1, -0.05) is 23.5 Å². The van der Waals surface area contributed by atoms with E-state index < -0.39 is 5.92 Å². The number of rotatable bonds is 9. The number of fused-ring (bicyclic) bond motifs is 2. The van der Waals surface area contributed by atoms with Crippen molar-refractivity contribution in [3.8, 4) is 38.8 Å². The molecule has 0 aliphatic heterocycles. The van der Waals surface area contributed by atoms with Crippen molar-refractivity contribution < 1.29 is 23.0 Å². The molecule has 0 atom stereocenters. The standard InChI is InChI=1S/C28H21F2N7O3S3/c1-28(29,30)26-35-37-12-20(34-27(37)43-26)24-33-19-10-18(39-3)11-21(22(19)42-24)40-13-17-14-41-23(32-17)15-4-6-16(7-5-15)25(38)36(2)9-8-31/h4-7,10-12,14H,9,13H2,1-3H3. The molecule has 4 heterocycles. The average molecular weight is 638 g/mol. The summed E-state index contributed by atoms with van der Waals surface area (Å²) in [5.74, 6) is -2.14. The van der Waals surface area contributed by atoms with Gasteiger partial charge < -0.3 is 14.4 Å². The number of carbonyl (C=O) groups excluding carboxylic acids is 1. The molecule has 0 aliphatic rings. The lowest BCUT2D eigenvalue weighted by Gasteiger charge is -2.12. The monoisotopic (exact) mass is 637 g/mol. The first-order valence-electron chi connectivity index (χ1n) is 12.7. The minimum Gasteiger partial charge on any atom is -0.497 e. The summed E-state index contributed by atoms with van der Waals surface area (Å²) < 4.78 is 41.1. The van der Waals surface area contributed by atoms with E-state index in [2.05, 4.69) is 10.1 Å². The lowest BCUT2D eigenvalue weighted by atomic mass is 10.1. The lowest BCUT2D eigenvalue weighted by molar-refractivity contribution is 0.0163. The van der Waals surface area contributed by atoms with E-state index in [-0.39, 0.29) is 24.1 Å². The van der Waals surface area contributed by atoms with Gasteiger partial charge in [0.15, 0.2) is 5.01 Å². The topological polar surface area (TPSA) is 119 Å². The fraction of sp³-hybridized carbons (Fsp3) is 0.214. The Hall–Kier alpha value is -4.52. The molecule has 0 aliphatic carbocycles. The second kappa shape index (κ2) is 11.3. The number of ether oxygens (including phenoxy) is 2. The van der Waals surface area contributed by atoms with Crippen molar-refractivity contribution >= 4 is 55.1 Å². The zero-order valence-corrected chi connectivity index (χ0v) is 25.3. The second-order valence-electron chi connectivity index (χ2n) is 9.47. The van der Waals surface area contributed by atoms with Gasteiger partial charge in [0, 0.05) is 42.6 Å². The van der Waals surface area contributed by atoms with Crippen molar-refractivity contribution in [2.45, 2.75) is 19.5 Å². The van der Waals surface area contributed by atoms with E-state index in [1.165, 1.54) is 32.1 Å². The first-order valence-corrected chi connectivity index (χ1v) is 15.2. The molecule has 0 spiro atoms. The number of carbonyl (C=O) groups is 1. The number of hydrogen-bond acceptors (Lipinski definition) is 11. The zero-order chi connectivity index (χ0) is 30.3. The molecule has 218 valence electrons. The molecular formula is C28H21F2N7O3S3. The van der Waals surface area contributed by atoms with Crippen LogP contribution in [-0.4, -0.2) is 56.1 Å². The number of amides is 1. The summed E-state index contributed by atoms with van der Waals surface area (Å²) in [6.45, 7) is 1.02. The van der Waals surface area contributed by atoms with E-state index in [0.29, 0.717) is 38.2 Å². The number of aromatic nitrogens is 5. The van der Waals surface area contributed by atoms with Gasteiger partial charge in [-0.15, -0.1) is 22.7 Å². The van der Waals surface area contributed by atoms with Crippen LogP contribution in [0.1, 0.15) is 28.0 Å². The highest BCUT2D eigenvalue weighted by Crippen LogP contribution is 2.40. The highest BCUT2D eigenvalue weighted by Gasteiger charge is 2.30. The van der Waals surface area contributed by atoms with Gasteiger partial charge in [-0.3, -0.25) is 4.79 Å². The number of nitriles is 1. The van der Waals surface area contributed by atoms with Gasteiger partial charge in [0.05, 0.1) is 35.3 Å². The first kappa shape index (κ1) is 28.6. The Morgan fingerprint density at radius 2 is 1.93 bits per heavy atom. The molecule has 2 aromatic carbocycles. The Balaban J connectivity index is 1.21. The predicted molar refractivity (Wildman–Crippen MR) is 160 cm³/mol. The van der Waals surface area contributed by atoms with E-state index in [4.69, 9.17) is 24.7 Å². The number of imidazole rings is 1. The SMILES string of the molecule is COc1cc(OCc2csc(-c3ccc(C(=O)N(C)CC#N)cc3)n2)c2sc(-c3cn4nc(C(C)(F)F)sc4n3)nc2c1. The summed E-state index contributed by atoms with van der Waals surface area (Å²) in [4.78, 5) is 28.0. The third-order valence-electron chi connectivity index (χ3n) is 6.26. The van der Waals surface area contributed by atoms with E-state index in [9.17, 15) is 13.6 Å². The van der Waals surface area contributed by atoms with Gasteiger partial charge in [-0.25, -0.2) is 19.5 Å². The highest BCUT2D eigenvalue weighted by molar-refractivity contribution is 7.22. The van der Waals surface area contributed by atoms with E-state index in [0.717, 1.165) is 39.2 Å². The van der Waals surface area contributed by atoms with Gasteiger partial charge in [-0.2, -0.15) is 19.1 Å². The van der Waals surface area contributed by atoms with Crippen LogP contribution < -0.4 is 9.47 Å². The van der Waals surface area contributed by atoms with Crippen molar-refractivity contribution in [2.75, 3.05) is 20.7 Å². The molecule has 0 saturated heterocycles. The smallest absolute Gasteiger partial charge is 0.298 e. The molecule has 0 saturated carbocycles. The van der Waals surface area contributed by atoms with Crippen LogP contribution in [0.3, 0.4) is 0 Å². The number of halogens is 2. The van der Waals surface area contributed by atoms with Crippen LogP contribution in [0.4, 0.5) is 8.78 Å². The Bertz CT molecular complexity index is 1970. The van der Waals surface area contributed by atoms with Crippen LogP contribution in [0.15, 0.2) is 48.0 Å². The van der Waals surface area contributed by atoms with Crippen molar-refractivity contribution in [3.63, 3.8) is 0 Å². The average Bonchev–Trinajstić information content (AvgIpc) is 3.78. The third kappa shape index (κ3) is 5.76. The molecule has 15 heteroatoms. The Labute approximate surface area is 255 Å². The van der Waals surface area contributed by atoms with Crippen LogP contribution in [0.5, 0.6) is 11.5 Å². The van der Waals surface area contributed by atoms with Gasteiger partial charge in [0.2, 0.25) is 4.96 Å². The van der Waals surface area contributed by atoms with Gasteiger partial charge >= 0.3 is 0 Å². The molecule has 6 rings (SSSR count). The number of nitrogens with zero attached hydrogens (tertiary/aromatic N) is 7. The second-order valence-corrected chi connectivity index (χ2v) is 12.3. The summed E-state index contributed by atoms with van der Waals surface area (Å²) in [7, 11) is 3.14. The normalized spacial score (nSPS) is 11.6. The number of thiazole rings is 2. The fourth-order valence-corrected chi connectivity index (χ4v) is 6.69. The maximum absolute atomic E-state index is 13.7. The van der Waals surface area contributed by atoms with E-state index >= 15 is 0 Å². The highest BCUT2D eigenvalue weighted by atomic mass is 32.1. The number of alkyl halides is 2. The van der Waals surface area contributed by atoms with Crippen molar-refractivity contribution in [2.24, 2.45) is 0 Å². The molecule has 4 aromatic heterocycles. The molecule has 0 fully saturated rings. The Morgan fingerprint density at radius 3 is 2.63 bits per heavy atom. The maximum Gasteiger partial charge on any atom is 0.298 e. The van der Waals surface area contributed by atoms with Gasteiger partial charge in [-0.05, 0) is 12.1 Å². The molecule has 0 N–H and O–H groups in total. The first-order chi connectivity index (χ1) is 20.6. The molecule has 0 bridgehead atoms. The Kier molecular flexibility index (Phi) is 7.50. The summed E-state index contributed by atoms with van der Waals surface area (Å²) >= 11 is 3.66. The van der Waals surface area contributed by atoms with E-state index in [1.807, 2.05) is 23.6 Å². The van der Waals surface area contributed by atoms with Crippen molar-refractivity contribution in [3.05, 3.63) is 64.2 Å². The summed E-state index contributed by atoms with van der Waals surface area (Å²) in [5, 5.41) is 15.8. The van der Waals surface area contributed by atoms with Gasteiger partial charge in [0.1, 0.15) is 40.4 Å². The quantitative estimate of drug-likeness (QED) is 0.165. The van der Waals surface area contributed by atoms with E-state index in [1.54, 1.807) is 44.6 Å². The summed E-state index contributed by atoms with van der Waals surface area (Å²) in [5.41, 5.74) is 3.23. The molecule has 0 radical (unpaired) electrons. The lowest BCUT2D eigenvalue weighted by Crippen LogP contribution is -2.26. The zero-order valence-electron chi connectivity index (χ0n) is 22.9. The fourth-order valence-electron chi connectivity index (χ4n) is 4.10. The summed E-state index contributed by atoms with van der Waals surface area (Å²) in [6, 6.07) is 12.6. The predicted octanol–water partition coefficient (Wildman–Crippen LogP) is 6.49. The molecule has 6 aromatic rings. The Morgan fingerprint density at radius 1 is 1.14 bits per heavy atom. The molecule has 1 amide bonds. The largest absolute Gasteiger partial charge is 0.497 e. The van der Waals surface area contributed by atoms with Crippen LogP contribution in [0.25, 0.3) is 36.5 Å². The number of benzene rings is 2. The van der Waals surface area contributed by atoms with Crippen LogP contribution >= 0.6 is 34.0 Å². The summed E-state index contributed by atoms with van der Waals surface area (Å²) in [6.07, 6.45) is 1.58. The van der Waals surface area contributed by atoms with Crippen molar-refractivity contribution in [1.82, 2.24) is 29.5 Å². The van der Waals surface area contributed by atoms with Crippen LogP contribution in [0, 0.1) is 11.3 Å². The minimum absolute atomic E-state index is 0.0159. The molecular weight excluding hydrogens is 617 g/mol. The molecule has 0 unspecified atom stereocenters. The van der Waals surface area contributed by atoms with Gasteiger partial charge in [0.25, 0.3) is 11.8 Å². The van der Waals surface area contributed by atoms with Crippen LogP contribution in [-0.2, 0) is 12.5 Å². The minimum atomic E-state index is -3.04. The third-order valence-corrected chi connectivity index (χ3v) is 9.41. The molecule has 43 heavy (non-hydrogen) atoms. The number of methoxy groups -OCH3 is 1.